The average molecular weight is 284 g/mol. The minimum Gasteiger partial charge on any atom is -0.392 e. The molecule has 1 fully saturated rings. The molecule has 1 atom stereocenters. The van der Waals surface area contributed by atoms with Crippen molar-refractivity contribution in [1.82, 2.24) is 5.32 Å². The number of unbranched alkanes of at least 4 members (excludes halogenated alkanes) is 6. The Bertz CT molecular complexity index is 290. The highest BCUT2D eigenvalue weighted by molar-refractivity contribution is 7.80. The zero-order valence-electron chi connectivity index (χ0n) is 12.1. The summed E-state index contributed by atoms with van der Waals surface area (Å²) in [4.78, 5) is 12.2. The van der Waals surface area contributed by atoms with Gasteiger partial charge in [0.15, 0.2) is 0 Å². The van der Waals surface area contributed by atoms with E-state index >= 15 is 0 Å². The van der Waals surface area contributed by atoms with Gasteiger partial charge >= 0.3 is 0 Å². The Morgan fingerprint density at radius 1 is 1.21 bits per heavy atom. The summed E-state index contributed by atoms with van der Waals surface area (Å²) in [6.45, 7) is 2.22. The van der Waals surface area contributed by atoms with E-state index < -0.39 is 0 Å². The van der Waals surface area contributed by atoms with Gasteiger partial charge in [-0.3, -0.25) is 4.79 Å². The number of nitrogens with two attached hydrogens (primary N) is 1. The quantitative estimate of drug-likeness (QED) is 0.452. The predicted octanol–water partition coefficient (Wildman–Crippen LogP) is 3.31. The molecule has 0 heterocycles. The Morgan fingerprint density at radius 2 is 1.79 bits per heavy atom. The van der Waals surface area contributed by atoms with Crippen molar-refractivity contribution in [3.8, 4) is 0 Å². The van der Waals surface area contributed by atoms with Gasteiger partial charge in [-0.05, 0) is 25.2 Å². The molecule has 0 radical (unpaired) electrons. The minimum absolute atomic E-state index is 0.0629. The van der Waals surface area contributed by atoms with Gasteiger partial charge in [-0.25, -0.2) is 0 Å². The summed E-state index contributed by atoms with van der Waals surface area (Å²) < 4.78 is 0. The van der Waals surface area contributed by atoms with Crippen molar-refractivity contribution in [3.05, 3.63) is 0 Å². The zero-order valence-corrected chi connectivity index (χ0v) is 12.9. The Balaban J connectivity index is 2.02. The largest absolute Gasteiger partial charge is 0.392 e. The van der Waals surface area contributed by atoms with Crippen LogP contribution in [0, 0.1) is 5.92 Å². The first-order chi connectivity index (χ1) is 9.15. The van der Waals surface area contributed by atoms with Gasteiger partial charge in [0.1, 0.15) is 0 Å². The third-order valence-corrected chi connectivity index (χ3v) is 3.98. The Morgan fingerprint density at radius 3 is 2.32 bits per heavy atom. The zero-order chi connectivity index (χ0) is 14.1. The van der Waals surface area contributed by atoms with E-state index in [0.717, 1.165) is 25.7 Å². The number of thiocarbonyl (C=S) groups is 1. The summed E-state index contributed by atoms with van der Waals surface area (Å²) in [5, 5.41) is 2.98. The van der Waals surface area contributed by atoms with Crippen LogP contribution >= 0.6 is 12.2 Å². The molecular weight excluding hydrogens is 256 g/mol. The molecule has 19 heavy (non-hydrogen) atoms. The van der Waals surface area contributed by atoms with E-state index in [9.17, 15) is 4.79 Å². The third-order valence-electron chi connectivity index (χ3n) is 3.72. The van der Waals surface area contributed by atoms with Crippen molar-refractivity contribution in [2.45, 2.75) is 77.2 Å². The van der Waals surface area contributed by atoms with Crippen molar-refractivity contribution >= 4 is 23.1 Å². The van der Waals surface area contributed by atoms with Gasteiger partial charge in [0, 0.05) is 6.42 Å². The second-order valence-corrected chi connectivity index (χ2v) is 6.13. The van der Waals surface area contributed by atoms with E-state index in [0.29, 0.717) is 17.3 Å². The van der Waals surface area contributed by atoms with Crippen LogP contribution in [0.2, 0.25) is 0 Å². The normalized spacial score (nSPS) is 16.1. The molecule has 1 amide bonds. The third kappa shape index (κ3) is 7.51. The van der Waals surface area contributed by atoms with Gasteiger partial charge < -0.3 is 11.1 Å². The fraction of sp³-hybridized carbons (Fsp3) is 0.867. The first kappa shape index (κ1) is 16.4. The number of hydrogen-bond donors (Lipinski definition) is 2. The van der Waals surface area contributed by atoms with Crippen LogP contribution in [0.15, 0.2) is 0 Å². The van der Waals surface area contributed by atoms with E-state index in [4.69, 9.17) is 18.0 Å². The summed E-state index contributed by atoms with van der Waals surface area (Å²) in [6.07, 6.45) is 11.5. The van der Waals surface area contributed by atoms with Gasteiger partial charge in [-0.15, -0.1) is 0 Å². The maximum atomic E-state index is 11.8. The molecule has 0 aromatic rings. The Labute approximate surface area is 122 Å². The molecule has 1 unspecified atom stereocenters. The molecule has 1 aliphatic rings. The van der Waals surface area contributed by atoms with Crippen molar-refractivity contribution in [2.24, 2.45) is 11.7 Å². The van der Waals surface area contributed by atoms with Crippen molar-refractivity contribution in [1.29, 1.82) is 0 Å². The molecule has 0 spiro atoms. The van der Waals surface area contributed by atoms with E-state index in [1.54, 1.807) is 0 Å². The van der Waals surface area contributed by atoms with Crippen LogP contribution < -0.4 is 11.1 Å². The Hall–Kier alpha value is -0.640. The lowest BCUT2D eigenvalue weighted by molar-refractivity contribution is -0.121. The van der Waals surface area contributed by atoms with E-state index in [1.807, 2.05) is 0 Å². The molecule has 0 aromatic carbocycles. The first-order valence-electron chi connectivity index (χ1n) is 7.73. The molecule has 110 valence electrons. The minimum atomic E-state index is -0.0629. The van der Waals surface area contributed by atoms with E-state index in [-0.39, 0.29) is 11.9 Å². The van der Waals surface area contributed by atoms with Crippen LogP contribution in [0.25, 0.3) is 0 Å². The predicted molar refractivity (Wildman–Crippen MR) is 84.1 cm³/mol. The summed E-state index contributed by atoms with van der Waals surface area (Å²) in [5.74, 6) is 0.605. The molecule has 4 heteroatoms. The maximum absolute atomic E-state index is 11.8. The Kier molecular flexibility index (Phi) is 8.03. The van der Waals surface area contributed by atoms with Crippen LogP contribution in [0.4, 0.5) is 0 Å². The molecule has 3 N–H and O–H groups in total. The van der Waals surface area contributed by atoms with E-state index in [2.05, 4.69) is 12.2 Å². The number of rotatable bonds is 11. The van der Waals surface area contributed by atoms with Crippen LogP contribution in [0.5, 0.6) is 0 Å². The monoisotopic (exact) mass is 284 g/mol. The SMILES string of the molecule is CCCCCCCCCC(=O)NC(C(N)=S)C1CC1. The fourth-order valence-corrected chi connectivity index (χ4v) is 2.59. The van der Waals surface area contributed by atoms with Crippen molar-refractivity contribution in [2.75, 3.05) is 0 Å². The van der Waals surface area contributed by atoms with Gasteiger partial charge in [0.25, 0.3) is 0 Å². The fourth-order valence-electron chi connectivity index (χ4n) is 2.34. The summed E-state index contributed by atoms with van der Waals surface area (Å²) >= 11 is 5.01. The topological polar surface area (TPSA) is 55.1 Å². The van der Waals surface area contributed by atoms with Crippen LogP contribution in [0.3, 0.4) is 0 Å². The average Bonchev–Trinajstić information content (AvgIpc) is 3.18. The van der Waals surface area contributed by atoms with Crippen LogP contribution in [0.1, 0.15) is 71.1 Å². The molecule has 0 bridgehead atoms. The van der Waals surface area contributed by atoms with Crippen molar-refractivity contribution in [3.63, 3.8) is 0 Å². The number of hydrogen-bond acceptors (Lipinski definition) is 2. The number of carbonyl (C=O) groups is 1. The highest BCUT2D eigenvalue weighted by Crippen LogP contribution is 2.32. The van der Waals surface area contributed by atoms with E-state index in [1.165, 1.54) is 32.1 Å². The molecule has 1 aliphatic carbocycles. The highest BCUT2D eigenvalue weighted by atomic mass is 32.1. The summed E-state index contributed by atoms with van der Waals surface area (Å²) in [7, 11) is 0. The lowest BCUT2D eigenvalue weighted by Crippen LogP contribution is -2.44. The van der Waals surface area contributed by atoms with Crippen LogP contribution in [-0.4, -0.2) is 16.9 Å². The number of nitrogens with one attached hydrogen (secondary N) is 1. The lowest BCUT2D eigenvalue weighted by Gasteiger charge is -2.16. The van der Waals surface area contributed by atoms with Gasteiger partial charge in [0.2, 0.25) is 5.91 Å². The van der Waals surface area contributed by atoms with Gasteiger partial charge in [-0.1, -0.05) is 57.7 Å². The number of amides is 1. The summed E-state index contributed by atoms with van der Waals surface area (Å²) in [6, 6.07) is -0.0629. The lowest BCUT2D eigenvalue weighted by atomic mass is 10.1. The van der Waals surface area contributed by atoms with Gasteiger partial charge in [0.05, 0.1) is 11.0 Å². The molecule has 0 aromatic heterocycles. The molecule has 3 nitrogen and oxygen atoms in total. The molecule has 1 saturated carbocycles. The maximum Gasteiger partial charge on any atom is 0.220 e. The second kappa shape index (κ2) is 9.29. The smallest absolute Gasteiger partial charge is 0.220 e. The highest BCUT2D eigenvalue weighted by Gasteiger charge is 2.33. The van der Waals surface area contributed by atoms with Gasteiger partial charge in [-0.2, -0.15) is 0 Å². The molecule has 0 saturated heterocycles. The van der Waals surface area contributed by atoms with Crippen LogP contribution in [-0.2, 0) is 4.79 Å². The molecule has 0 aliphatic heterocycles. The summed E-state index contributed by atoms with van der Waals surface area (Å²) in [5.41, 5.74) is 5.67. The number of carbonyl (C=O) groups excluding carboxylic acids is 1. The van der Waals surface area contributed by atoms with Crippen molar-refractivity contribution < 1.29 is 4.79 Å². The molecular formula is C15H28N2OS. The second-order valence-electron chi connectivity index (χ2n) is 5.66. The first-order valence-corrected chi connectivity index (χ1v) is 8.14. The standard InChI is InChI=1S/C15H28N2OS/c1-2-3-4-5-6-7-8-9-13(18)17-14(15(16)19)12-10-11-12/h12,14H,2-11H2,1H3,(H2,16,19)(H,17,18). The molecule has 1 rings (SSSR count).